The molecule has 0 bridgehead atoms. The van der Waals surface area contributed by atoms with Crippen LogP contribution in [0.1, 0.15) is 24.9 Å². The van der Waals surface area contributed by atoms with E-state index in [-0.39, 0.29) is 6.04 Å². The summed E-state index contributed by atoms with van der Waals surface area (Å²) < 4.78 is 5.23. The SMILES string of the molecule is CCC(Nc1cccc2ncccc12)c1ccc(OC)cc1. The predicted molar refractivity (Wildman–Crippen MR) is 91.4 cm³/mol. The Hall–Kier alpha value is -2.55. The van der Waals surface area contributed by atoms with Crippen LogP contribution in [-0.2, 0) is 0 Å². The van der Waals surface area contributed by atoms with Gasteiger partial charge in [0.05, 0.1) is 18.7 Å². The molecule has 1 N–H and O–H groups in total. The van der Waals surface area contributed by atoms with Gasteiger partial charge in [-0.3, -0.25) is 4.98 Å². The molecule has 0 radical (unpaired) electrons. The van der Waals surface area contributed by atoms with Gasteiger partial charge in [0.2, 0.25) is 0 Å². The summed E-state index contributed by atoms with van der Waals surface area (Å²) in [4.78, 5) is 4.41. The van der Waals surface area contributed by atoms with Gasteiger partial charge in [-0.15, -0.1) is 0 Å². The van der Waals surface area contributed by atoms with E-state index in [9.17, 15) is 0 Å². The minimum atomic E-state index is 0.261. The maximum Gasteiger partial charge on any atom is 0.118 e. The minimum absolute atomic E-state index is 0.261. The average molecular weight is 292 g/mol. The molecule has 0 aliphatic heterocycles. The number of ether oxygens (including phenoxy) is 1. The fourth-order valence-corrected chi connectivity index (χ4v) is 2.67. The monoisotopic (exact) mass is 292 g/mol. The number of pyridine rings is 1. The lowest BCUT2D eigenvalue weighted by molar-refractivity contribution is 0.414. The molecule has 0 aliphatic rings. The molecular formula is C19H20N2O. The zero-order valence-corrected chi connectivity index (χ0v) is 12.9. The number of methoxy groups -OCH3 is 1. The summed E-state index contributed by atoms with van der Waals surface area (Å²) in [6.45, 7) is 2.19. The van der Waals surface area contributed by atoms with E-state index in [1.54, 1.807) is 7.11 Å². The molecule has 3 heteroatoms. The summed E-state index contributed by atoms with van der Waals surface area (Å²) in [6.07, 6.45) is 2.83. The largest absolute Gasteiger partial charge is 0.497 e. The summed E-state index contributed by atoms with van der Waals surface area (Å²) in [6, 6.07) is 18.8. The van der Waals surface area contributed by atoms with Crippen molar-refractivity contribution in [3.05, 3.63) is 66.4 Å². The van der Waals surface area contributed by atoms with Crippen molar-refractivity contribution < 1.29 is 4.74 Å². The second kappa shape index (κ2) is 6.48. The zero-order chi connectivity index (χ0) is 15.4. The Bertz CT molecular complexity index is 747. The first-order chi connectivity index (χ1) is 10.8. The van der Waals surface area contributed by atoms with Gasteiger partial charge in [0, 0.05) is 17.3 Å². The summed E-state index contributed by atoms with van der Waals surface area (Å²) >= 11 is 0. The molecule has 0 aliphatic carbocycles. The van der Waals surface area contributed by atoms with Gasteiger partial charge in [-0.2, -0.15) is 0 Å². The Morgan fingerprint density at radius 1 is 1.05 bits per heavy atom. The van der Waals surface area contributed by atoms with Crippen LogP contribution >= 0.6 is 0 Å². The molecule has 22 heavy (non-hydrogen) atoms. The van der Waals surface area contributed by atoms with E-state index in [0.717, 1.165) is 28.8 Å². The van der Waals surface area contributed by atoms with Crippen molar-refractivity contribution in [1.82, 2.24) is 4.98 Å². The van der Waals surface area contributed by atoms with Crippen LogP contribution < -0.4 is 10.1 Å². The lowest BCUT2D eigenvalue weighted by Gasteiger charge is -2.20. The average Bonchev–Trinajstić information content (AvgIpc) is 2.60. The third-order valence-electron chi connectivity index (χ3n) is 3.90. The lowest BCUT2D eigenvalue weighted by atomic mass is 10.0. The second-order valence-corrected chi connectivity index (χ2v) is 5.25. The van der Waals surface area contributed by atoms with Crippen molar-refractivity contribution >= 4 is 16.6 Å². The van der Waals surface area contributed by atoms with Crippen LogP contribution in [0.25, 0.3) is 10.9 Å². The third kappa shape index (κ3) is 2.89. The Morgan fingerprint density at radius 3 is 2.59 bits per heavy atom. The number of nitrogens with zero attached hydrogens (tertiary/aromatic N) is 1. The number of aromatic nitrogens is 1. The van der Waals surface area contributed by atoms with Gasteiger partial charge in [0.15, 0.2) is 0 Å². The number of rotatable bonds is 5. The highest BCUT2D eigenvalue weighted by Gasteiger charge is 2.11. The summed E-state index contributed by atoms with van der Waals surface area (Å²) in [5, 5.41) is 4.79. The van der Waals surface area contributed by atoms with Crippen LogP contribution in [0.3, 0.4) is 0 Å². The van der Waals surface area contributed by atoms with Crippen LogP contribution in [0.15, 0.2) is 60.8 Å². The molecule has 2 aromatic carbocycles. The molecule has 0 spiro atoms. The number of benzene rings is 2. The number of nitrogens with one attached hydrogen (secondary N) is 1. The molecule has 0 amide bonds. The number of anilines is 1. The zero-order valence-electron chi connectivity index (χ0n) is 12.9. The van der Waals surface area contributed by atoms with Crippen molar-refractivity contribution in [2.75, 3.05) is 12.4 Å². The first-order valence-electron chi connectivity index (χ1n) is 7.56. The normalized spacial score (nSPS) is 12.1. The fourth-order valence-electron chi connectivity index (χ4n) is 2.67. The summed E-state index contributed by atoms with van der Waals surface area (Å²) in [5.74, 6) is 0.882. The highest BCUT2D eigenvalue weighted by Crippen LogP contribution is 2.28. The van der Waals surface area contributed by atoms with Gasteiger partial charge < -0.3 is 10.1 Å². The van der Waals surface area contributed by atoms with E-state index in [1.165, 1.54) is 5.56 Å². The molecule has 3 rings (SSSR count). The van der Waals surface area contributed by atoms with Gasteiger partial charge in [-0.05, 0) is 48.4 Å². The van der Waals surface area contributed by atoms with Gasteiger partial charge in [-0.1, -0.05) is 25.1 Å². The van der Waals surface area contributed by atoms with Crippen molar-refractivity contribution in [2.24, 2.45) is 0 Å². The molecular weight excluding hydrogens is 272 g/mol. The van der Waals surface area contributed by atoms with Crippen LogP contribution in [0, 0.1) is 0 Å². The maximum atomic E-state index is 5.23. The Morgan fingerprint density at radius 2 is 1.86 bits per heavy atom. The van der Waals surface area contributed by atoms with Crippen molar-refractivity contribution in [3.8, 4) is 5.75 Å². The standard InChI is InChI=1S/C19H20N2O/c1-3-17(14-9-11-15(22-2)12-10-14)21-19-8-4-7-18-16(19)6-5-13-20-18/h4-13,17,21H,3H2,1-2H3. The molecule has 1 heterocycles. The lowest BCUT2D eigenvalue weighted by Crippen LogP contribution is -2.10. The molecule has 0 fully saturated rings. The number of fused-ring (bicyclic) bond motifs is 1. The van der Waals surface area contributed by atoms with E-state index >= 15 is 0 Å². The molecule has 1 atom stereocenters. The fraction of sp³-hybridized carbons (Fsp3) is 0.211. The minimum Gasteiger partial charge on any atom is -0.497 e. The highest BCUT2D eigenvalue weighted by atomic mass is 16.5. The molecule has 0 saturated carbocycles. The van der Waals surface area contributed by atoms with Gasteiger partial charge in [0.25, 0.3) is 0 Å². The second-order valence-electron chi connectivity index (χ2n) is 5.25. The first kappa shape index (κ1) is 14.4. The van der Waals surface area contributed by atoms with Gasteiger partial charge in [0.1, 0.15) is 5.75 Å². The number of hydrogen-bond acceptors (Lipinski definition) is 3. The van der Waals surface area contributed by atoms with Crippen LogP contribution in [0.2, 0.25) is 0 Å². The topological polar surface area (TPSA) is 34.2 Å². The molecule has 3 aromatic rings. The van der Waals surface area contributed by atoms with E-state index in [1.807, 2.05) is 36.5 Å². The molecule has 1 unspecified atom stereocenters. The van der Waals surface area contributed by atoms with Crippen LogP contribution in [-0.4, -0.2) is 12.1 Å². The van der Waals surface area contributed by atoms with Crippen molar-refractivity contribution in [3.63, 3.8) is 0 Å². The smallest absolute Gasteiger partial charge is 0.118 e. The predicted octanol–water partition coefficient (Wildman–Crippen LogP) is 4.81. The van der Waals surface area contributed by atoms with E-state index in [2.05, 4.69) is 41.5 Å². The quantitative estimate of drug-likeness (QED) is 0.733. The van der Waals surface area contributed by atoms with Crippen LogP contribution in [0.5, 0.6) is 5.75 Å². The number of hydrogen-bond donors (Lipinski definition) is 1. The van der Waals surface area contributed by atoms with E-state index < -0.39 is 0 Å². The molecule has 0 saturated heterocycles. The van der Waals surface area contributed by atoms with E-state index in [0.29, 0.717) is 0 Å². The Balaban J connectivity index is 1.90. The highest BCUT2D eigenvalue weighted by molar-refractivity contribution is 5.91. The summed E-state index contributed by atoms with van der Waals surface area (Å²) in [5.41, 5.74) is 3.38. The maximum absolute atomic E-state index is 5.23. The first-order valence-corrected chi connectivity index (χ1v) is 7.56. The molecule has 1 aromatic heterocycles. The van der Waals surface area contributed by atoms with E-state index in [4.69, 9.17) is 4.74 Å². The molecule has 3 nitrogen and oxygen atoms in total. The Labute approximate surface area is 131 Å². The third-order valence-corrected chi connectivity index (χ3v) is 3.90. The Kier molecular flexibility index (Phi) is 4.24. The van der Waals surface area contributed by atoms with Gasteiger partial charge >= 0.3 is 0 Å². The summed E-state index contributed by atoms with van der Waals surface area (Å²) in [7, 11) is 1.69. The van der Waals surface area contributed by atoms with Crippen molar-refractivity contribution in [2.45, 2.75) is 19.4 Å². The van der Waals surface area contributed by atoms with Crippen molar-refractivity contribution in [1.29, 1.82) is 0 Å². The molecule has 112 valence electrons. The van der Waals surface area contributed by atoms with Crippen LogP contribution in [0.4, 0.5) is 5.69 Å². The van der Waals surface area contributed by atoms with Gasteiger partial charge in [-0.25, -0.2) is 0 Å².